The van der Waals surface area contributed by atoms with E-state index in [1.807, 2.05) is 0 Å². The predicted molar refractivity (Wildman–Crippen MR) is 131 cm³/mol. The van der Waals surface area contributed by atoms with Gasteiger partial charge in [0.15, 0.2) is 0 Å². The Hall–Kier alpha value is -1.60. The number of anilines is 1. The normalized spacial score (nSPS) is 27.0. The lowest BCUT2D eigenvalue weighted by Crippen LogP contribution is -2.54. The zero-order chi connectivity index (χ0) is 23.4. The van der Waals surface area contributed by atoms with Crippen LogP contribution in [0.25, 0.3) is 0 Å². The first kappa shape index (κ1) is 21.9. The van der Waals surface area contributed by atoms with Crippen molar-refractivity contribution in [2.24, 2.45) is 11.8 Å². The van der Waals surface area contributed by atoms with Gasteiger partial charge in [0.25, 0.3) is 0 Å². The molecule has 0 saturated carbocycles. The molecule has 4 aliphatic rings. The lowest BCUT2D eigenvalue weighted by atomic mass is 9.52. The third-order valence-electron chi connectivity index (χ3n) is 6.91. The second-order valence-electron chi connectivity index (χ2n) is 8.37. The monoisotopic (exact) mass is 581 g/mol. The van der Waals surface area contributed by atoms with Gasteiger partial charge in [0, 0.05) is 41.6 Å². The Labute approximate surface area is 217 Å². The number of carbonyl (C=O) groups is 2. The van der Waals surface area contributed by atoms with E-state index in [1.54, 1.807) is 48.5 Å². The molecule has 2 bridgehead atoms. The van der Waals surface area contributed by atoms with Gasteiger partial charge >= 0.3 is 0 Å². The fraction of sp³-hybridized carbons (Fsp3) is 0.167. The highest BCUT2D eigenvalue weighted by atomic mass is 79.9. The average molecular weight is 584 g/mol. The van der Waals surface area contributed by atoms with E-state index < -0.39 is 35.2 Å². The van der Waals surface area contributed by atoms with Crippen molar-refractivity contribution in [3.63, 3.8) is 0 Å². The Morgan fingerprint density at radius 2 is 1.24 bits per heavy atom. The first-order valence-electron chi connectivity index (χ1n) is 10.0. The van der Waals surface area contributed by atoms with Crippen molar-refractivity contribution in [2.45, 2.75) is 11.5 Å². The summed E-state index contributed by atoms with van der Waals surface area (Å²) >= 11 is 29.8. The molecule has 1 aliphatic heterocycles. The molecule has 0 aromatic heterocycles. The van der Waals surface area contributed by atoms with Crippen LogP contribution in [0.4, 0.5) is 5.69 Å². The average Bonchev–Trinajstić information content (AvgIpc) is 3.05. The van der Waals surface area contributed by atoms with Gasteiger partial charge in [-0.3, -0.25) is 9.59 Å². The van der Waals surface area contributed by atoms with Gasteiger partial charge in [0.05, 0.1) is 17.5 Å². The van der Waals surface area contributed by atoms with E-state index in [-0.39, 0.29) is 10.0 Å². The number of rotatable bonds is 1. The van der Waals surface area contributed by atoms with Crippen molar-refractivity contribution in [1.82, 2.24) is 0 Å². The maximum Gasteiger partial charge on any atom is 0.241 e. The number of halogens is 5. The van der Waals surface area contributed by atoms with E-state index in [9.17, 15) is 14.7 Å². The molecular weight excluding hydrogens is 572 g/mol. The minimum Gasteiger partial charge on any atom is -0.379 e. The van der Waals surface area contributed by atoms with Crippen LogP contribution in [0.2, 0.25) is 20.1 Å². The van der Waals surface area contributed by atoms with Crippen molar-refractivity contribution < 1.29 is 14.7 Å². The number of carbonyl (C=O) groups excluding carboxylic acids is 2. The Kier molecular flexibility index (Phi) is 4.78. The molecule has 0 spiro atoms. The maximum atomic E-state index is 13.8. The zero-order valence-corrected chi connectivity index (χ0v) is 21.1. The molecule has 2 unspecified atom stereocenters. The van der Waals surface area contributed by atoms with Crippen molar-refractivity contribution in [2.75, 3.05) is 4.90 Å². The molecule has 1 fully saturated rings. The van der Waals surface area contributed by atoms with E-state index >= 15 is 0 Å². The van der Waals surface area contributed by atoms with Crippen LogP contribution < -0.4 is 4.90 Å². The standard InChI is InChI=1S/C24H12BrCl4NO3/c25-9-1-3-10(4-2-9)30-22(31)18-17-15-11(26)5-7-13(28)19(15)24(33,21(18)23(30)32)20-14(29)8-6-12(27)16(17)20/h1-8,17-18,21,33H. The first-order valence-corrected chi connectivity index (χ1v) is 12.3. The molecule has 2 amide bonds. The Balaban J connectivity index is 1.69. The maximum absolute atomic E-state index is 13.8. The van der Waals surface area contributed by atoms with Crippen LogP contribution in [0.15, 0.2) is 53.0 Å². The van der Waals surface area contributed by atoms with Crippen LogP contribution in [0.5, 0.6) is 0 Å². The molecule has 7 rings (SSSR count). The summed E-state index contributed by atoms with van der Waals surface area (Å²) in [6.07, 6.45) is 0. The molecule has 4 nitrogen and oxygen atoms in total. The Morgan fingerprint density at radius 3 is 1.76 bits per heavy atom. The molecule has 2 atom stereocenters. The van der Waals surface area contributed by atoms with Gasteiger partial charge in [-0.1, -0.05) is 62.3 Å². The van der Waals surface area contributed by atoms with Crippen molar-refractivity contribution in [3.8, 4) is 0 Å². The van der Waals surface area contributed by atoms with E-state index in [0.29, 0.717) is 38.0 Å². The molecule has 33 heavy (non-hydrogen) atoms. The molecular formula is C24H12BrCl4NO3. The molecule has 0 radical (unpaired) electrons. The van der Waals surface area contributed by atoms with E-state index in [4.69, 9.17) is 46.4 Å². The van der Waals surface area contributed by atoms with Crippen LogP contribution in [-0.2, 0) is 15.2 Å². The SMILES string of the molecule is O=C1C2C3c4c(Cl)ccc(Cl)c4C(O)(c4c(Cl)ccc(Cl)c43)C2C(=O)N1c1ccc(Br)cc1. The molecule has 3 aliphatic carbocycles. The van der Waals surface area contributed by atoms with Crippen molar-refractivity contribution >= 4 is 79.8 Å². The highest BCUT2D eigenvalue weighted by molar-refractivity contribution is 9.10. The number of hydrogen-bond acceptors (Lipinski definition) is 3. The van der Waals surface area contributed by atoms with Gasteiger partial charge in [0.2, 0.25) is 11.8 Å². The second kappa shape index (κ2) is 7.20. The van der Waals surface area contributed by atoms with Crippen LogP contribution in [-0.4, -0.2) is 16.9 Å². The first-order chi connectivity index (χ1) is 15.7. The largest absolute Gasteiger partial charge is 0.379 e. The Bertz CT molecular complexity index is 1350. The summed E-state index contributed by atoms with van der Waals surface area (Å²) in [6.45, 7) is 0. The van der Waals surface area contributed by atoms with E-state index in [1.165, 1.54) is 0 Å². The highest BCUT2D eigenvalue weighted by Gasteiger charge is 2.70. The van der Waals surface area contributed by atoms with Gasteiger partial charge in [0.1, 0.15) is 5.60 Å². The number of imide groups is 1. The van der Waals surface area contributed by atoms with Gasteiger partial charge in [-0.05, 0) is 59.7 Å². The fourth-order valence-electron chi connectivity index (χ4n) is 5.77. The number of benzene rings is 3. The quantitative estimate of drug-likeness (QED) is 0.330. The molecule has 1 heterocycles. The lowest BCUT2D eigenvalue weighted by molar-refractivity contribution is -0.133. The van der Waals surface area contributed by atoms with E-state index in [0.717, 1.165) is 9.37 Å². The third-order valence-corrected chi connectivity index (χ3v) is 8.73. The number of amides is 2. The topological polar surface area (TPSA) is 57.6 Å². The van der Waals surface area contributed by atoms with Crippen LogP contribution >= 0.6 is 62.3 Å². The molecule has 1 N–H and O–H groups in total. The number of aliphatic hydroxyl groups is 1. The summed E-state index contributed by atoms with van der Waals surface area (Å²) in [5.41, 5.74) is 0.0434. The zero-order valence-electron chi connectivity index (χ0n) is 16.5. The minimum atomic E-state index is -1.98. The molecule has 1 saturated heterocycles. The molecule has 3 aromatic carbocycles. The van der Waals surface area contributed by atoms with Crippen LogP contribution in [0, 0.1) is 11.8 Å². The predicted octanol–water partition coefficient (Wildman–Crippen LogP) is 6.56. The number of hydrogen-bond donors (Lipinski definition) is 1. The Morgan fingerprint density at radius 1 is 0.758 bits per heavy atom. The van der Waals surface area contributed by atoms with Gasteiger partial charge in [-0.25, -0.2) is 4.90 Å². The fourth-order valence-corrected chi connectivity index (χ4v) is 7.20. The summed E-state index contributed by atoms with van der Waals surface area (Å²) < 4.78 is 0.804. The number of nitrogens with zero attached hydrogens (tertiary/aromatic N) is 1. The highest BCUT2D eigenvalue weighted by Crippen LogP contribution is 2.67. The summed E-state index contributed by atoms with van der Waals surface area (Å²) in [4.78, 5) is 28.8. The summed E-state index contributed by atoms with van der Waals surface area (Å²) in [5.74, 6) is -3.70. The molecule has 166 valence electrons. The second-order valence-corrected chi connectivity index (χ2v) is 10.9. The van der Waals surface area contributed by atoms with E-state index in [2.05, 4.69) is 15.9 Å². The third kappa shape index (κ3) is 2.64. The lowest BCUT2D eigenvalue weighted by Gasteiger charge is -2.52. The summed E-state index contributed by atoms with van der Waals surface area (Å²) in [5, 5.41) is 13.6. The van der Waals surface area contributed by atoms with Crippen LogP contribution in [0.1, 0.15) is 28.2 Å². The van der Waals surface area contributed by atoms with Gasteiger partial charge in [-0.15, -0.1) is 0 Å². The summed E-state index contributed by atoms with van der Waals surface area (Å²) in [6, 6.07) is 13.2. The smallest absolute Gasteiger partial charge is 0.241 e. The van der Waals surface area contributed by atoms with Crippen LogP contribution in [0.3, 0.4) is 0 Å². The van der Waals surface area contributed by atoms with Gasteiger partial charge in [-0.2, -0.15) is 0 Å². The minimum absolute atomic E-state index is 0.240. The van der Waals surface area contributed by atoms with Crippen molar-refractivity contribution in [3.05, 3.63) is 95.3 Å². The van der Waals surface area contributed by atoms with Crippen molar-refractivity contribution in [1.29, 1.82) is 0 Å². The van der Waals surface area contributed by atoms with Gasteiger partial charge < -0.3 is 5.11 Å². The molecule has 3 aromatic rings. The summed E-state index contributed by atoms with van der Waals surface area (Å²) in [7, 11) is 0. The molecule has 9 heteroatoms.